The minimum atomic E-state index is -0.418. The number of nitro benzene ring substituents is 1. The van der Waals surface area contributed by atoms with Gasteiger partial charge in [0.15, 0.2) is 5.76 Å². The van der Waals surface area contributed by atoms with Gasteiger partial charge in [0.25, 0.3) is 5.69 Å². The van der Waals surface area contributed by atoms with Gasteiger partial charge in [-0.1, -0.05) is 19.0 Å². The van der Waals surface area contributed by atoms with Crippen molar-refractivity contribution in [1.29, 1.82) is 0 Å². The molecule has 0 aliphatic carbocycles. The van der Waals surface area contributed by atoms with Crippen LogP contribution in [-0.2, 0) is 13.2 Å². The van der Waals surface area contributed by atoms with Crippen LogP contribution in [0, 0.1) is 10.1 Å². The van der Waals surface area contributed by atoms with E-state index in [9.17, 15) is 10.1 Å². The van der Waals surface area contributed by atoms with Gasteiger partial charge >= 0.3 is 0 Å². The third-order valence-electron chi connectivity index (χ3n) is 2.82. The average Bonchev–Trinajstić information content (AvgIpc) is 2.96. The molecule has 21 heavy (non-hydrogen) atoms. The highest BCUT2D eigenvalue weighted by molar-refractivity contribution is 5.43. The summed E-state index contributed by atoms with van der Waals surface area (Å²) in [7, 11) is 0. The molecule has 7 heteroatoms. The Labute approximate surface area is 122 Å². The summed E-state index contributed by atoms with van der Waals surface area (Å²) in [5.74, 6) is 1.18. The highest BCUT2D eigenvalue weighted by atomic mass is 16.6. The first kappa shape index (κ1) is 15.0. The maximum Gasteiger partial charge on any atom is 0.270 e. The Morgan fingerprint density at radius 3 is 2.86 bits per heavy atom. The zero-order chi connectivity index (χ0) is 15.2. The number of hydrogen-bond acceptors (Lipinski definition) is 6. The lowest BCUT2D eigenvalue weighted by Gasteiger charge is -2.13. The zero-order valence-corrected chi connectivity index (χ0v) is 11.9. The van der Waals surface area contributed by atoms with Crippen LogP contribution in [0.2, 0.25) is 0 Å². The SMILES string of the molecule is CC(C)NCc1cc([N+](=O)[O-])ccc1OCc1ccno1. The van der Waals surface area contributed by atoms with Crippen LogP contribution in [0.1, 0.15) is 25.2 Å². The van der Waals surface area contributed by atoms with Crippen LogP contribution in [-0.4, -0.2) is 16.1 Å². The minimum absolute atomic E-state index is 0.0440. The van der Waals surface area contributed by atoms with Crippen molar-refractivity contribution in [2.75, 3.05) is 0 Å². The van der Waals surface area contributed by atoms with E-state index in [1.54, 1.807) is 12.1 Å². The van der Waals surface area contributed by atoms with Gasteiger partial charge in [0, 0.05) is 36.3 Å². The predicted molar refractivity (Wildman–Crippen MR) is 75.9 cm³/mol. The molecule has 1 aromatic heterocycles. The van der Waals surface area contributed by atoms with Crippen molar-refractivity contribution in [2.45, 2.75) is 33.0 Å². The summed E-state index contributed by atoms with van der Waals surface area (Å²) in [5.41, 5.74) is 0.778. The molecule has 0 saturated heterocycles. The molecule has 0 radical (unpaired) electrons. The number of hydrogen-bond donors (Lipinski definition) is 1. The van der Waals surface area contributed by atoms with E-state index in [4.69, 9.17) is 9.26 Å². The Balaban J connectivity index is 2.15. The molecule has 0 bridgehead atoms. The molecule has 112 valence electrons. The molecular weight excluding hydrogens is 274 g/mol. The van der Waals surface area contributed by atoms with E-state index in [-0.39, 0.29) is 18.3 Å². The molecule has 7 nitrogen and oxygen atoms in total. The molecule has 1 N–H and O–H groups in total. The monoisotopic (exact) mass is 291 g/mol. The predicted octanol–water partition coefficient (Wildman–Crippen LogP) is 2.66. The number of benzene rings is 1. The average molecular weight is 291 g/mol. The van der Waals surface area contributed by atoms with Crippen molar-refractivity contribution in [3.05, 3.63) is 51.9 Å². The van der Waals surface area contributed by atoms with Crippen molar-refractivity contribution in [3.8, 4) is 5.75 Å². The molecule has 1 heterocycles. The van der Waals surface area contributed by atoms with Gasteiger partial charge in [-0.2, -0.15) is 0 Å². The second kappa shape index (κ2) is 6.85. The third kappa shape index (κ3) is 4.28. The standard InChI is InChI=1S/C14H17N3O4/c1-10(2)15-8-11-7-12(17(18)19)3-4-14(11)20-9-13-5-6-16-21-13/h3-7,10,15H,8-9H2,1-2H3. The smallest absolute Gasteiger partial charge is 0.270 e. The number of nitrogens with one attached hydrogen (secondary N) is 1. The Bertz CT molecular complexity index is 596. The molecule has 0 saturated carbocycles. The van der Waals surface area contributed by atoms with Gasteiger partial charge in [-0.05, 0) is 6.07 Å². The van der Waals surface area contributed by atoms with E-state index in [0.29, 0.717) is 18.1 Å². The molecule has 0 amide bonds. The Morgan fingerprint density at radius 1 is 1.43 bits per heavy atom. The van der Waals surface area contributed by atoms with Crippen molar-refractivity contribution in [3.63, 3.8) is 0 Å². The summed E-state index contributed by atoms with van der Waals surface area (Å²) in [4.78, 5) is 10.5. The molecule has 0 fully saturated rings. The summed E-state index contributed by atoms with van der Waals surface area (Å²) in [6.45, 7) is 4.73. The third-order valence-corrected chi connectivity index (χ3v) is 2.82. The summed E-state index contributed by atoms with van der Waals surface area (Å²) in [6.07, 6.45) is 1.54. The first-order chi connectivity index (χ1) is 10.1. The van der Waals surface area contributed by atoms with Gasteiger partial charge in [0.1, 0.15) is 12.4 Å². The Kier molecular flexibility index (Phi) is 4.89. The van der Waals surface area contributed by atoms with Crippen LogP contribution in [0.15, 0.2) is 35.0 Å². The van der Waals surface area contributed by atoms with Gasteiger partial charge in [-0.25, -0.2) is 0 Å². The zero-order valence-electron chi connectivity index (χ0n) is 11.9. The van der Waals surface area contributed by atoms with Crippen LogP contribution < -0.4 is 10.1 Å². The molecule has 0 aliphatic heterocycles. The summed E-state index contributed by atoms with van der Waals surface area (Å²) in [5, 5.41) is 17.7. The van der Waals surface area contributed by atoms with Crippen molar-refractivity contribution in [1.82, 2.24) is 10.5 Å². The first-order valence-corrected chi connectivity index (χ1v) is 6.59. The molecule has 2 aromatic rings. The van der Waals surface area contributed by atoms with Gasteiger partial charge in [0.2, 0.25) is 0 Å². The van der Waals surface area contributed by atoms with Gasteiger partial charge in [-0.3, -0.25) is 10.1 Å². The fraction of sp³-hybridized carbons (Fsp3) is 0.357. The lowest BCUT2D eigenvalue weighted by atomic mass is 10.1. The normalized spacial score (nSPS) is 10.8. The number of nitro groups is 1. The Morgan fingerprint density at radius 2 is 2.24 bits per heavy atom. The molecule has 0 spiro atoms. The van der Waals surface area contributed by atoms with Crippen molar-refractivity contribution >= 4 is 5.69 Å². The highest BCUT2D eigenvalue weighted by Gasteiger charge is 2.12. The van der Waals surface area contributed by atoms with Gasteiger partial charge in [-0.15, -0.1) is 0 Å². The van der Waals surface area contributed by atoms with Gasteiger partial charge in [0.05, 0.1) is 11.1 Å². The molecule has 0 aliphatic rings. The quantitative estimate of drug-likeness (QED) is 0.623. The van der Waals surface area contributed by atoms with E-state index in [0.717, 1.165) is 5.56 Å². The first-order valence-electron chi connectivity index (χ1n) is 6.59. The number of ether oxygens (including phenoxy) is 1. The number of aromatic nitrogens is 1. The van der Waals surface area contributed by atoms with Crippen LogP contribution in [0.25, 0.3) is 0 Å². The number of nitrogens with zero attached hydrogens (tertiary/aromatic N) is 2. The van der Waals surface area contributed by atoms with E-state index in [1.165, 1.54) is 18.3 Å². The summed E-state index contributed by atoms with van der Waals surface area (Å²) in [6, 6.07) is 6.52. The van der Waals surface area contributed by atoms with E-state index in [1.807, 2.05) is 13.8 Å². The topological polar surface area (TPSA) is 90.4 Å². The van der Waals surface area contributed by atoms with E-state index < -0.39 is 4.92 Å². The summed E-state index contributed by atoms with van der Waals surface area (Å²) >= 11 is 0. The number of rotatable bonds is 7. The lowest BCUT2D eigenvalue weighted by Crippen LogP contribution is -2.22. The van der Waals surface area contributed by atoms with Gasteiger partial charge < -0.3 is 14.6 Å². The van der Waals surface area contributed by atoms with E-state index in [2.05, 4.69) is 10.5 Å². The van der Waals surface area contributed by atoms with E-state index >= 15 is 0 Å². The largest absolute Gasteiger partial charge is 0.485 e. The fourth-order valence-electron chi connectivity index (χ4n) is 1.74. The molecular formula is C14H17N3O4. The lowest BCUT2D eigenvalue weighted by molar-refractivity contribution is -0.384. The van der Waals surface area contributed by atoms with Crippen LogP contribution in [0.5, 0.6) is 5.75 Å². The van der Waals surface area contributed by atoms with Crippen LogP contribution >= 0.6 is 0 Å². The molecule has 0 atom stereocenters. The molecule has 2 rings (SSSR count). The van der Waals surface area contributed by atoms with Crippen LogP contribution in [0.3, 0.4) is 0 Å². The van der Waals surface area contributed by atoms with Crippen LogP contribution in [0.4, 0.5) is 5.69 Å². The second-order valence-corrected chi connectivity index (χ2v) is 4.85. The summed E-state index contributed by atoms with van der Waals surface area (Å²) < 4.78 is 10.6. The molecule has 0 unspecified atom stereocenters. The molecule has 1 aromatic carbocycles. The van der Waals surface area contributed by atoms with Crippen molar-refractivity contribution in [2.24, 2.45) is 0 Å². The maximum absolute atomic E-state index is 10.9. The maximum atomic E-state index is 10.9. The second-order valence-electron chi connectivity index (χ2n) is 4.85. The number of non-ortho nitro benzene ring substituents is 1. The minimum Gasteiger partial charge on any atom is -0.485 e. The highest BCUT2D eigenvalue weighted by Crippen LogP contribution is 2.25. The fourth-order valence-corrected chi connectivity index (χ4v) is 1.74. The Hall–Kier alpha value is -2.41. The van der Waals surface area contributed by atoms with Crippen molar-refractivity contribution < 1.29 is 14.2 Å².